The highest BCUT2D eigenvalue weighted by molar-refractivity contribution is 7.99. The molecule has 7 nitrogen and oxygen atoms in total. The Morgan fingerprint density at radius 3 is 2.45 bits per heavy atom. The normalized spacial score (nSPS) is 21.8. The highest BCUT2D eigenvalue weighted by Gasteiger charge is 2.40. The third kappa shape index (κ3) is 2.60. The molecule has 2 atom stereocenters. The minimum atomic E-state index is -1.04. The van der Waals surface area contributed by atoms with Crippen LogP contribution in [0.15, 0.2) is 24.3 Å². The molecule has 0 saturated carbocycles. The monoisotopic (exact) mass is 296 g/mol. The maximum absolute atomic E-state index is 11.7. The molecule has 2 rings (SSSR count). The fraction of sp³-hybridized carbons (Fsp3) is 0.333. The smallest absolute Gasteiger partial charge is 0.327 e. The summed E-state index contributed by atoms with van der Waals surface area (Å²) in [6, 6.07) is 4.94. The van der Waals surface area contributed by atoms with E-state index in [1.54, 1.807) is 12.1 Å². The largest absolute Gasteiger partial charge is 0.480 e. The van der Waals surface area contributed by atoms with Crippen LogP contribution in [0.25, 0.3) is 0 Å². The molecule has 0 aliphatic carbocycles. The summed E-state index contributed by atoms with van der Waals surface area (Å²) in [4.78, 5) is 34.2. The Morgan fingerprint density at radius 1 is 1.40 bits per heavy atom. The predicted molar refractivity (Wildman–Crippen MR) is 72.2 cm³/mol. The van der Waals surface area contributed by atoms with E-state index in [0.717, 1.165) is 0 Å². The van der Waals surface area contributed by atoms with Crippen LogP contribution in [0.5, 0.6) is 0 Å². The van der Waals surface area contributed by atoms with Gasteiger partial charge in [-0.25, -0.2) is 4.79 Å². The summed E-state index contributed by atoms with van der Waals surface area (Å²) in [5.74, 6) is -1.07. The molecule has 0 bridgehead atoms. The van der Waals surface area contributed by atoms with Crippen LogP contribution in [0.3, 0.4) is 0 Å². The fourth-order valence-corrected chi connectivity index (χ4v) is 3.57. The average molecular weight is 296 g/mol. The number of carbonyl (C=O) groups excluding carboxylic acids is 1. The molecule has 1 saturated heterocycles. The SMILES string of the molecule is CC(=O)N1C(c2ccc([N+](=O)[O-])cc2)SC[C@@H]1C(=O)O. The number of rotatable bonds is 3. The van der Waals surface area contributed by atoms with Crippen LogP contribution < -0.4 is 0 Å². The van der Waals surface area contributed by atoms with Crippen molar-refractivity contribution in [1.82, 2.24) is 4.90 Å². The van der Waals surface area contributed by atoms with Crippen molar-refractivity contribution in [3.63, 3.8) is 0 Å². The first-order valence-electron chi connectivity index (χ1n) is 5.79. The number of carboxylic acids is 1. The molecule has 0 spiro atoms. The summed E-state index contributed by atoms with van der Waals surface area (Å²) < 4.78 is 0. The Hall–Kier alpha value is -2.09. The standard InChI is InChI=1S/C12H12N2O5S/c1-7(15)13-10(12(16)17)6-20-11(13)8-2-4-9(5-3-8)14(18)19/h2-5,10-11H,6H2,1H3,(H,16,17)/t10-,11?/m1/s1. The number of hydrogen-bond donors (Lipinski definition) is 1. The molecular formula is C12H12N2O5S. The first kappa shape index (κ1) is 14.3. The van der Waals surface area contributed by atoms with Gasteiger partial charge in [0.25, 0.3) is 5.69 Å². The first-order chi connectivity index (χ1) is 9.41. The topological polar surface area (TPSA) is 101 Å². The molecule has 1 N–H and O–H groups in total. The number of nitro benzene ring substituents is 1. The lowest BCUT2D eigenvalue weighted by Crippen LogP contribution is -2.41. The summed E-state index contributed by atoms with van der Waals surface area (Å²) in [5, 5.41) is 19.3. The van der Waals surface area contributed by atoms with Gasteiger partial charge in [-0.1, -0.05) is 0 Å². The second-order valence-corrected chi connectivity index (χ2v) is 5.43. The zero-order valence-corrected chi connectivity index (χ0v) is 11.4. The lowest BCUT2D eigenvalue weighted by molar-refractivity contribution is -0.384. The van der Waals surface area contributed by atoms with Crippen molar-refractivity contribution in [1.29, 1.82) is 0 Å². The average Bonchev–Trinajstić information content (AvgIpc) is 2.83. The van der Waals surface area contributed by atoms with E-state index in [4.69, 9.17) is 5.11 Å². The van der Waals surface area contributed by atoms with Crippen molar-refractivity contribution in [3.05, 3.63) is 39.9 Å². The van der Waals surface area contributed by atoms with Gasteiger partial charge in [0.2, 0.25) is 5.91 Å². The Bertz CT molecular complexity index is 559. The van der Waals surface area contributed by atoms with Crippen molar-refractivity contribution >= 4 is 29.3 Å². The van der Waals surface area contributed by atoms with Crippen LogP contribution in [0.1, 0.15) is 17.9 Å². The molecule has 8 heteroatoms. The molecule has 20 heavy (non-hydrogen) atoms. The number of thioether (sulfide) groups is 1. The maximum atomic E-state index is 11.7. The van der Waals surface area contributed by atoms with E-state index in [1.807, 2.05) is 0 Å². The fourth-order valence-electron chi connectivity index (χ4n) is 2.10. The van der Waals surface area contributed by atoms with E-state index < -0.39 is 22.3 Å². The number of non-ortho nitro benzene ring substituents is 1. The van der Waals surface area contributed by atoms with Gasteiger partial charge in [-0.15, -0.1) is 11.8 Å². The summed E-state index contributed by atoms with van der Waals surface area (Å²) in [6.45, 7) is 1.32. The number of nitro groups is 1. The second kappa shape index (κ2) is 5.49. The van der Waals surface area contributed by atoms with E-state index in [-0.39, 0.29) is 11.6 Å². The molecular weight excluding hydrogens is 284 g/mol. The number of aliphatic carboxylic acids is 1. The van der Waals surface area contributed by atoms with Gasteiger partial charge in [-0.3, -0.25) is 14.9 Å². The van der Waals surface area contributed by atoms with Crippen LogP contribution in [0, 0.1) is 10.1 Å². The van der Waals surface area contributed by atoms with Gasteiger partial charge in [0.05, 0.1) is 4.92 Å². The van der Waals surface area contributed by atoms with Gasteiger partial charge >= 0.3 is 5.97 Å². The zero-order chi connectivity index (χ0) is 14.9. The van der Waals surface area contributed by atoms with Gasteiger partial charge in [0.1, 0.15) is 11.4 Å². The number of nitrogens with zero attached hydrogens (tertiary/aromatic N) is 2. The molecule has 1 unspecified atom stereocenters. The molecule has 106 valence electrons. The molecule has 1 aromatic carbocycles. The number of hydrogen-bond acceptors (Lipinski definition) is 5. The lowest BCUT2D eigenvalue weighted by Gasteiger charge is -2.26. The molecule has 1 heterocycles. The van der Waals surface area contributed by atoms with Gasteiger partial charge in [0.15, 0.2) is 0 Å². The van der Waals surface area contributed by atoms with E-state index in [0.29, 0.717) is 11.3 Å². The summed E-state index contributed by atoms with van der Waals surface area (Å²) in [5.41, 5.74) is 0.639. The van der Waals surface area contributed by atoms with Gasteiger partial charge in [0, 0.05) is 24.8 Å². The third-order valence-corrected chi connectivity index (χ3v) is 4.36. The number of carbonyl (C=O) groups is 2. The lowest BCUT2D eigenvalue weighted by atomic mass is 10.1. The molecule has 1 amide bonds. The van der Waals surface area contributed by atoms with Crippen LogP contribution in [-0.2, 0) is 9.59 Å². The molecule has 0 radical (unpaired) electrons. The van der Waals surface area contributed by atoms with Gasteiger partial charge < -0.3 is 10.0 Å². The number of benzene rings is 1. The second-order valence-electron chi connectivity index (χ2n) is 4.31. The minimum absolute atomic E-state index is 0.0408. The van der Waals surface area contributed by atoms with Crippen molar-refractivity contribution in [2.75, 3.05) is 5.75 Å². The first-order valence-corrected chi connectivity index (χ1v) is 6.84. The number of carboxylic acid groups (broad SMARTS) is 1. The van der Waals surface area contributed by atoms with E-state index >= 15 is 0 Å². The van der Waals surface area contributed by atoms with E-state index in [1.165, 1.54) is 35.7 Å². The molecule has 0 aromatic heterocycles. The molecule has 1 aliphatic rings. The Kier molecular flexibility index (Phi) is 3.93. The van der Waals surface area contributed by atoms with Crippen LogP contribution in [-0.4, -0.2) is 38.6 Å². The van der Waals surface area contributed by atoms with E-state index in [2.05, 4.69) is 0 Å². The third-order valence-electron chi connectivity index (χ3n) is 3.04. The highest BCUT2D eigenvalue weighted by Crippen LogP contribution is 2.41. The Balaban J connectivity index is 2.29. The highest BCUT2D eigenvalue weighted by atomic mass is 32.2. The Morgan fingerprint density at radius 2 is 2.00 bits per heavy atom. The molecule has 1 aliphatic heterocycles. The quantitative estimate of drug-likeness (QED) is 0.672. The zero-order valence-electron chi connectivity index (χ0n) is 10.6. The summed E-state index contributed by atoms with van der Waals surface area (Å²) >= 11 is 1.34. The van der Waals surface area contributed by atoms with Crippen molar-refractivity contribution in [3.8, 4) is 0 Å². The predicted octanol–water partition coefficient (Wildman–Crippen LogP) is 1.64. The molecule has 1 aromatic rings. The summed E-state index contributed by atoms with van der Waals surface area (Å²) in [6.07, 6.45) is 0. The molecule has 1 fully saturated rings. The van der Waals surface area contributed by atoms with Crippen LogP contribution in [0.2, 0.25) is 0 Å². The van der Waals surface area contributed by atoms with Gasteiger partial charge in [-0.05, 0) is 17.7 Å². The maximum Gasteiger partial charge on any atom is 0.327 e. The van der Waals surface area contributed by atoms with Crippen molar-refractivity contribution in [2.24, 2.45) is 0 Å². The van der Waals surface area contributed by atoms with Crippen molar-refractivity contribution in [2.45, 2.75) is 18.3 Å². The van der Waals surface area contributed by atoms with Gasteiger partial charge in [-0.2, -0.15) is 0 Å². The van der Waals surface area contributed by atoms with Crippen LogP contribution >= 0.6 is 11.8 Å². The van der Waals surface area contributed by atoms with Crippen molar-refractivity contribution < 1.29 is 19.6 Å². The summed E-state index contributed by atoms with van der Waals surface area (Å²) in [7, 11) is 0. The van der Waals surface area contributed by atoms with E-state index in [9.17, 15) is 19.7 Å². The Labute approximate surface area is 118 Å². The minimum Gasteiger partial charge on any atom is -0.480 e. The van der Waals surface area contributed by atoms with Crippen LogP contribution in [0.4, 0.5) is 5.69 Å². The number of amides is 1.